The van der Waals surface area contributed by atoms with E-state index in [-0.39, 0.29) is 11.1 Å². The quantitative estimate of drug-likeness (QED) is 0.405. The van der Waals surface area contributed by atoms with Gasteiger partial charge in [0.15, 0.2) is 0 Å². The fourth-order valence-corrected chi connectivity index (χ4v) is 4.18. The summed E-state index contributed by atoms with van der Waals surface area (Å²) >= 11 is 12.9. The molecule has 7 heteroatoms. The number of thioether (sulfide) groups is 1. The maximum Gasteiger partial charge on any atom is 0.298 e. The molecule has 0 saturated carbocycles. The van der Waals surface area contributed by atoms with E-state index in [1.807, 2.05) is 25.1 Å². The molecule has 146 valence electrons. The van der Waals surface area contributed by atoms with E-state index >= 15 is 0 Å². The number of hydrogen-bond acceptors (Lipinski definition) is 4. The van der Waals surface area contributed by atoms with Crippen molar-refractivity contribution in [3.8, 4) is 11.3 Å². The Labute approximate surface area is 182 Å². The average Bonchev–Trinajstić information content (AvgIpc) is 3.29. The Morgan fingerprint density at radius 2 is 1.83 bits per heavy atom. The number of hydrogen-bond donors (Lipinski definition) is 0. The van der Waals surface area contributed by atoms with Gasteiger partial charge in [-0.1, -0.05) is 48.3 Å². The van der Waals surface area contributed by atoms with Crippen LogP contribution in [0.2, 0.25) is 10.0 Å². The first-order valence-corrected chi connectivity index (χ1v) is 10.5. The van der Waals surface area contributed by atoms with Crippen molar-refractivity contribution in [3.63, 3.8) is 0 Å². The molecule has 2 heterocycles. The van der Waals surface area contributed by atoms with Gasteiger partial charge in [0.1, 0.15) is 11.5 Å². The van der Waals surface area contributed by atoms with Crippen LogP contribution < -0.4 is 4.90 Å². The van der Waals surface area contributed by atoms with E-state index in [0.717, 1.165) is 29.3 Å². The van der Waals surface area contributed by atoms with E-state index in [0.29, 0.717) is 32.2 Å². The van der Waals surface area contributed by atoms with Gasteiger partial charge < -0.3 is 4.42 Å². The van der Waals surface area contributed by atoms with Crippen LogP contribution in [0.4, 0.5) is 10.5 Å². The summed E-state index contributed by atoms with van der Waals surface area (Å²) < 4.78 is 5.82. The fraction of sp³-hybridized carbons (Fsp3) is 0.0909. The van der Waals surface area contributed by atoms with Crippen molar-refractivity contribution in [1.29, 1.82) is 0 Å². The number of imide groups is 1. The minimum atomic E-state index is -0.353. The smallest absolute Gasteiger partial charge is 0.298 e. The van der Waals surface area contributed by atoms with Gasteiger partial charge in [0, 0.05) is 11.6 Å². The Hall–Kier alpha value is -2.47. The molecule has 0 N–H and O–H groups in total. The molecule has 0 unspecified atom stereocenters. The van der Waals surface area contributed by atoms with Crippen molar-refractivity contribution in [2.45, 2.75) is 13.3 Å². The third kappa shape index (κ3) is 3.86. The summed E-state index contributed by atoms with van der Waals surface area (Å²) in [5.41, 5.74) is 2.33. The van der Waals surface area contributed by atoms with Crippen LogP contribution in [0.3, 0.4) is 0 Å². The van der Waals surface area contributed by atoms with Crippen molar-refractivity contribution in [2.24, 2.45) is 0 Å². The van der Waals surface area contributed by atoms with Crippen LogP contribution in [-0.2, 0) is 11.2 Å². The maximum atomic E-state index is 12.9. The van der Waals surface area contributed by atoms with Gasteiger partial charge in [-0.05, 0) is 60.1 Å². The molecule has 0 radical (unpaired) electrons. The van der Waals surface area contributed by atoms with Crippen molar-refractivity contribution >= 4 is 57.9 Å². The molecule has 1 aliphatic heterocycles. The lowest BCUT2D eigenvalue weighted by Crippen LogP contribution is -2.28. The number of aryl methyl sites for hydroxylation is 1. The molecule has 4 nitrogen and oxygen atoms in total. The predicted octanol–water partition coefficient (Wildman–Crippen LogP) is 7.06. The standard InChI is InChI=1S/C22H15Cl2NO3S/c1-2-13-5-3-4-6-18(13)25-21(26)20(29-22(25)27)12-15-8-10-19(28-15)14-7-9-16(23)17(24)11-14/h3-12H,2H2,1H3/b20-12+. The molecular weight excluding hydrogens is 429 g/mol. The molecule has 3 aromatic rings. The monoisotopic (exact) mass is 443 g/mol. The number of carbonyl (C=O) groups is 2. The number of nitrogens with zero attached hydrogens (tertiary/aromatic N) is 1. The normalized spacial score (nSPS) is 15.6. The zero-order valence-electron chi connectivity index (χ0n) is 15.3. The molecule has 2 aromatic carbocycles. The Bertz CT molecular complexity index is 1150. The van der Waals surface area contributed by atoms with Crippen molar-refractivity contribution in [2.75, 3.05) is 4.90 Å². The molecule has 29 heavy (non-hydrogen) atoms. The summed E-state index contributed by atoms with van der Waals surface area (Å²) in [7, 11) is 0. The van der Waals surface area contributed by atoms with Crippen molar-refractivity contribution in [1.82, 2.24) is 0 Å². The van der Waals surface area contributed by atoms with E-state index in [1.165, 1.54) is 4.90 Å². The summed E-state index contributed by atoms with van der Waals surface area (Å²) in [6, 6.07) is 16.1. The van der Waals surface area contributed by atoms with Gasteiger partial charge in [0.2, 0.25) is 0 Å². The number of para-hydroxylation sites is 1. The highest BCUT2D eigenvalue weighted by Gasteiger charge is 2.37. The fourth-order valence-electron chi connectivity index (χ4n) is 3.07. The SMILES string of the molecule is CCc1ccccc1N1C(=O)S/C(=C/c2ccc(-c3ccc(Cl)c(Cl)c3)o2)C1=O. The number of amides is 2. The molecular formula is C22H15Cl2NO3S. The van der Waals surface area contributed by atoms with Crippen LogP contribution in [0.1, 0.15) is 18.2 Å². The Morgan fingerprint density at radius 1 is 1.03 bits per heavy atom. The first-order chi connectivity index (χ1) is 14.0. The third-order valence-corrected chi connectivity index (χ3v) is 6.12. The van der Waals surface area contributed by atoms with Crippen LogP contribution >= 0.6 is 35.0 Å². The number of benzene rings is 2. The molecule has 0 bridgehead atoms. The molecule has 1 fully saturated rings. The first kappa shape index (κ1) is 19.8. The van der Waals surface area contributed by atoms with E-state index in [9.17, 15) is 9.59 Å². The number of anilines is 1. The minimum Gasteiger partial charge on any atom is -0.457 e. The zero-order chi connectivity index (χ0) is 20.5. The van der Waals surface area contributed by atoms with E-state index < -0.39 is 0 Å². The van der Waals surface area contributed by atoms with Crippen molar-refractivity contribution in [3.05, 3.63) is 80.9 Å². The number of furan rings is 1. The van der Waals surface area contributed by atoms with Gasteiger partial charge in [-0.2, -0.15) is 0 Å². The van der Waals surface area contributed by atoms with Gasteiger partial charge in [-0.25, -0.2) is 4.90 Å². The number of carbonyl (C=O) groups excluding carboxylic acids is 2. The Morgan fingerprint density at radius 3 is 2.59 bits per heavy atom. The number of halogens is 2. The van der Waals surface area contributed by atoms with Gasteiger partial charge in [-0.3, -0.25) is 9.59 Å². The second-order valence-corrected chi connectivity index (χ2v) is 8.14. The molecule has 1 saturated heterocycles. The molecule has 1 aliphatic rings. The van der Waals surface area contributed by atoms with Crippen LogP contribution in [-0.4, -0.2) is 11.1 Å². The summed E-state index contributed by atoms with van der Waals surface area (Å²) in [6.45, 7) is 1.99. The van der Waals surface area contributed by atoms with E-state index in [1.54, 1.807) is 42.5 Å². The largest absolute Gasteiger partial charge is 0.457 e. The second kappa shape index (κ2) is 8.11. The van der Waals surface area contributed by atoms with Crippen LogP contribution in [0.5, 0.6) is 0 Å². The van der Waals surface area contributed by atoms with Crippen molar-refractivity contribution < 1.29 is 14.0 Å². The summed E-state index contributed by atoms with van der Waals surface area (Å²) in [5.74, 6) is 0.708. The van der Waals surface area contributed by atoms with Crippen LogP contribution in [0.15, 0.2) is 63.9 Å². The molecule has 2 amide bonds. The predicted molar refractivity (Wildman–Crippen MR) is 118 cm³/mol. The number of rotatable bonds is 4. The van der Waals surface area contributed by atoms with E-state index in [2.05, 4.69) is 0 Å². The van der Waals surface area contributed by atoms with Gasteiger partial charge in [0.25, 0.3) is 11.1 Å². The highest BCUT2D eigenvalue weighted by molar-refractivity contribution is 8.19. The lowest BCUT2D eigenvalue weighted by molar-refractivity contribution is -0.113. The third-order valence-electron chi connectivity index (χ3n) is 4.51. The van der Waals surface area contributed by atoms with Crippen LogP contribution in [0.25, 0.3) is 17.4 Å². The Balaban J connectivity index is 1.63. The molecule has 0 atom stereocenters. The average molecular weight is 444 g/mol. The summed E-state index contributed by atoms with van der Waals surface area (Å²) in [6.07, 6.45) is 2.31. The molecule has 0 spiro atoms. The van der Waals surface area contributed by atoms with E-state index in [4.69, 9.17) is 27.6 Å². The van der Waals surface area contributed by atoms with Gasteiger partial charge in [0.05, 0.1) is 20.6 Å². The van der Waals surface area contributed by atoms with Gasteiger partial charge in [-0.15, -0.1) is 0 Å². The minimum absolute atomic E-state index is 0.316. The Kier molecular flexibility index (Phi) is 5.54. The molecule has 0 aliphatic carbocycles. The lowest BCUT2D eigenvalue weighted by atomic mass is 10.1. The second-order valence-electron chi connectivity index (χ2n) is 6.33. The van der Waals surface area contributed by atoms with Crippen LogP contribution in [0, 0.1) is 0 Å². The zero-order valence-corrected chi connectivity index (χ0v) is 17.6. The molecule has 4 rings (SSSR count). The maximum absolute atomic E-state index is 12.9. The highest BCUT2D eigenvalue weighted by atomic mass is 35.5. The van der Waals surface area contributed by atoms with Gasteiger partial charge >= 0.3 is 0 Å². The lowest BCUT2D eigenvalue weighted by Gasteiger charge is -2.16. The first-order valence-electron chi connectivity index (χ1n) is 8.89. The topological polar surface area (TPSA) is 50.5 Å². The summed E-state index contributed by atoms with van der Waals surface area (Å²) in [5, 5.41) is 0.569. The highest BCUT2D eigenvalue weighted by Crippen LogP contribution is 2.38. The summed E-state index contributed by atoms with van der Waals surface area (Å²) in [4.78, 5) is 26.9. The molecule has 1 aromatic heterocycles.